The van der Waals surface area contributed by atoms with Crippen LogP contribution in [0, 0.1) is 0 Å². The predicted octanol–water partition coefficient (Wildman–Crippen LogP) is -0.963. The number of ether oxygens (including phenoxy) is 1. The maximum Gasteiger partial charge on any atom is 0.408 e. The van der Waals surface area contributed by atoms with Gasteiger partial charge in [0.2, 0.25) is 5.91 Å². The average Bonchev–Trinajstić information content (AvgIpc) is 2.82. The second-order valence-corrected chi connectivity index (χ2v) is 7.75. The number of nitrogens with two attached hydrogens (primary N) is 2. The van der Waals surface area contributed by atoms with E-state index in [2.05, 4.69) is 10.3 Å². The van der Waals surface area contributed by atoms with Crippen LogP contribution in [0.5, 0.6) is 0 Å². The monoisotopic (exact) mass is 516 g/mol. The molecule has 0 spiro atoms. The molecule has 15 heteroatoms. The van der Waals surface area contributed by atoms with Crippen LogP contribution in [0.15, 0.2) is 35.3 Å². The Kier molecular flexibility index (Phi) is 12.0. The molecule has 36 heavy (non-hydrogen) atoms. The van der Waals surface area contributed by atoms with Crippen LogP contribution < -0.4 is 27.4 Å². The highest BCUT2D eigenvalue weighted by atomic mass is 19.3. The zero-order valence-corrected chi connectivity index (χ0v) is 19.4. The molecule has 3 amide bonds. The lowest BCUT2D eigenvalue weighted by Gasteiger charge is -2.30. The van der Waals surface area contributed by atoms with Crippen molar-refractivity contribution in [3.63, 3.8) is 0 Å². The third kappa shape index (κ3) is 9.69. The first-order chi connectivity index (χ1) is 16.9. The summed E-state index contributed by atoms with van der Waals surface area (Å²) in [6.45, 7) is -0.458. The Hall–Kier alpha value is -4.01. The number of carboxylic acids is 1. The molecule has 0 aromatic heterocycles. The van der Waals surface area contributed by atoms with E-state index in [1.54, 1.807) is 30.3 Å². The summed E-state index contributed by atoms with van der Waals surface area (Å²) in [6.07, 6.45) is -4.83. The third-order valence-electron chi connectivity index (χ3n) is 4.85. The second kappa shape index (κ2) is 14.4. The van der Waals surface area contributed by atoms with Gasteiger partial charge >= 0.3 is 12.1 Å². The van der Waals surface area contributed by atoms with Gasteiger partial charge in [-0.05, 0) is 25.3 Å². The number of rotatable bonds is 14. The van der Waals surface area contributed by atoms with E-state index in [0.29, 0.717) is 5.56 Å². The quantitative estimate of drug-likeness (QED) is 0.0918. The Labute approximate surface area is 205 Å². The largest absolute Gasteiger partial charge is 0.480 e. The summed E-state index contributed by atoms with van der Waals surface area (Å²) in [7, 11) is 0. The maximum atomic E-state index is 13.9. The molecule has 0 aliphatic heterocycles. The number of benzene rings is 1. The Balaban J connectivity index is 2.97. The Morgan fingerprint density at radius 2 is 1.75 bits per heavy atom. The summed E-state index contributed by atoms with van der Waals surface area (Å²) in [6, 6.07) is 5.12. The van der Waals surface area contributed by atoms with E-state index in [1.807, 2.05) is 10.6 Å². The highest BCUT2D eigenvalue weighted by Crippen LogP contribution is 2.17. The fourth-order valence-corrected chi connectivity index (χ4v) is 2.72. The van der Waals surface area contributed by atoms with Gasteiger partial charge in [-0.15, -0.1) is 0 Å². The zero-order chi connectivity index (χ0) is 27.3. The number of aliphatic imine (C=N–C) groups is 1. The predicted molar refractivity (Wildman–Crippen MR) is 123 cm³/mol. The lowest BCUT2D eigenvalue weighted by molar-refractivity contribution is -0.143. The van der Waals surface area contributed by atoms with Gasteiger partial charge in [-0.25, -0.2) is 18.4 Å². The number of aliphatic hydroxyl groups excluding tert-OH is 1. The SMILES string of the molecule is CC(NC(=O)OCc1ccccc1)(C(=O)N[C@@H](CCCN=C(N)N)C(=O)N[C@@H](CO)C(=O)O)C(F)F. The smallest absolute Gasteiger partial charge is 0.408 e. The van der Waals surface area contributed by atoms with E-state index >= 15 is 0 Å². The molecule has 0 radical (unpaired) electrons. The maximum absolute atomic E-state index is 13.9. The van der Waals surface area contributed by atoms with Crippen molar-refractivity contribution in [2.24, 2.45) is 16.5 Å². The fraction of sp³-hybridized carbons (Fsp3) is 0.476. The van der Waals surface area contributed by atoms with Crippen LogP contribution in [0.2, 0.25) is 0 Å². The first-order valence-corrected chi connectivity index (χ1v) is 10.7. The number of nitrogens with zero attached hydrogens (tertiary/aromatic N) is 1. The normalized spacial score (nSPS) is 14.0. The minimum Gasteiger partial charge on any atom is -0.480 e. The van der Waals surface area contributed by atoms with E-state index in [0.717, 1.165) is 6.92 Å². The Morgan fingerprint density at radius 1 is 1.11 bits per heavy atom. The van der Waals surface area contributed by atoms with Crippen molar-refractivity contribution in [1.82, 2.24) is 16.0 Å². The molecule has 0 heterocycles. The number of guanidine groups is 1. The van der Waals surface area contributed by atoms with Crippen molar-refractivity contribution >= 4 is 29.8 Å². The van der Waals surface area contributed by atoms with Crippen molar-refractivity contribution in [1.29, 1.82) is 0 Å². The second-order valence-electron chi connectivity index (χ2n) is 7.75. The minimum atomic E-state index is -3.42. The van der Waals surface area contributed by atoms with Gasteiger partial charge in [0, 0.05) is 6.54 Å². The Bertz CT molecular complexity index is 931. The number of alkyl halides is 2. The number of carboxylic acid groups (broad SMARTS) is 1. The van der Waals surface area contributed by atoms with Gasteiger partial charge in [0.25, 0.3) is 12.3 Å². The highest BCUT2D eigenvalue weighted by Gasteiger charge is 2.46. The molecule has 0 aliphatic rings. The molecule has 0 saturated heterocycles. The van der Waals surface area contributed by atoms with Crippen molar-refractivity contribution in [3.05, 3.63) is 35.9 Å². The average molecular weight is 517 g/mol. The molecule has 0 aliphatic carbocycles. The van der Waals surface area contributed by atoms with Gasteiger partial charge < -0.3 is 42.4 Å². The van der Waals surface area contributed by atoms with Crippen LogP contribution in [-0.2, 0) is 25.7 Å². The van der Waals surface area contributed by atoms with E-state index in [1.165, 1.54) is 0 Å². The molecule has 200 valence electrons. The number of nitrogens with one attached hydrogen (secondary N) is 3. The van der Waals surface area contributed by atoms with E-state index < -0.39 is 54.5 Å². The molecule has 0 fully saturated rings. The highest BCUT2D eigenvalue weighted by molar-refractivity contribution is 5.95. The molecule has 1 rings (SSSR count). The number of carbonyl (C=O) groups excluding carboxylic acids is 3. The molecule has 1 aromatic rings. The third-order valence-corrected chi connectivity index (χ3v) is 4.85. The van der Waals surface area contributed by atoms with Gasteiger partial charge in [0.15, 0.2) is 11.5 Å². The van der Waals surface area contributed by atoms with Crippen molar-refractivity contribution in [2.45, 2.75) is 50.4 Å². The van der Waals surface area contributed by atoms with Gasteiger partial charge in [0.1, 0.15) is 18.7 Å². The van der Waals surface area contributed by atoms with Crippen LogP contribution >= 0.6 is 0 Å². The summed E-state index contributed by atoms with van der Waals surface area (Å²) in [5.41, 5.74) is 8.20. The van der Waals surface area contributed by atoms with Gasteiger partial charge in [-0.3, -0.25) is 14.6 Å². The van der Waals surface area contributed by atoms with Gasteiger partial charge in [-0.2, -0.15) is 0 Å². The topological polar surface area (TPSA) is 218 Å². The number of carbonyl (C=O) groups is 4. The number of aliphatic hydroxyl groups is 1. The number of halogens is 2. The van der Waals surface area contributed by atoms with E-state index in [4.69, 9.17) is 26.4 Å². The van der Waals surface area contributed by atoms with Crippen LogP contribution in [0.1, 0.15) is 25.3 Å². The van der Waals surface area contributed by atoms with Crippen molar-refractivity contribution in [3.8, 4) is 0 Å². The number of hydrogen-bond acceptors (Lipinski definition) is 7. The van der Waals surface area contributed by atoms with Crippen LogP contribution in [0.3, 0.4) is 0 Å². The Morgan fingerprint density at radius 3 is 2.28 bits per heavy atom. The van der Waals surface area contributed by atoms with E-state index in [-0.39, 0.29) is 32.0 Å². The molecule has 0 bridgehead atoms. The molecule has 1 unspecified atom stereocenters. The summed E-state index contributed by atoms with van der Waals surface area (Å²) >= 11 is 0. The van der Waals surface area contributed by atoms with Gasteiger partial charge in [0.05, 0.1) is 6.61 Å². The summed E-state index contributed by atoms with van der Waals surface area (Å²) in [5.74, 6) is -4.31. The van der Waals surface area contributed by atoms with E-state index in [9.17, 15) is 28.0 Å². The number of alkyl carbamates (subject to hydrolysis) is 1. The zero-order valence-electron chi connectivity index (χ0n) is 19.4. The summed E-state index contributed by atoms with van der Waals surface area (Å²) in [4.78, 5) is 52.3. The molecular formula is C21H30F2N6O7. The lowest BCUT2D eigenvalue weighted by atomic mass is 10.0. The molecule has 13 nitrogen and oxygen atoms in total. The molecule has 0 saturated carbocycles. The van der Waals surface area contributed by atoms with Crippen molar-refractivity contribution in [2.75, 3.05) is 13.2 Å². The standard InChI is InChI=1S/C21H30F2N6O7/c1-21(17(22)23,29-20(35)36-11-12-6-3-2-4-7-12)18(34)28-13(8-5-9-26-19(24)25)15(31)27-14(10-30)16(32)33/h2-4,6-7,13-14,17,30H,5,8-11H2,1H3,(H,27,31)(H,28,34)(H,29,35)(H,32,33)(H4,24,25,26)/t13-,14-,21?/m0/s1. The summed E-state index contributed by atoms with van der Waals surface area (Å²) < 4.78 is 32.7. The number of aliphatic carboxylic acids is 1. The molecule has 9 N–H and O–H groups in total. The first-order valence-electron chi connectivity index (χ1n) is 10.7. The first kappa shape index (κ1) is 30.0. The van der Waals surface area contributed by atoms with Crippen LogP contribution in [0.4, 0.5) is 13.6 Å². The molecule has 1 aromatic carbocycles. The molecular weight excluding hydrogens is 486 g/mol. The van der Waals surface area contributed by atoms with Gasteiger partial charge in [-0.1, -0.05) is 30.3 Å². The van der Waals surface area contributed by atoms with Crippen LogP contribution in [0.25, 0.3) is 0 Å². The van der Waals surface area contributed by atoms with Crippen LogP contribution in [-0.4, -0.2) is 77.2 Å². The van der Waals surface area contributed by atoms with Crippen molar-refractivity contribution < 1.29 is 42.9 Å². The molecule has 3 atom stereocenters. The minimum absolute atomic E-state index is 0.0144. The fourth-order valence-electron chi connectivity index (χ4n) is 2.72. The lowest BCUT2D eigenvalue weighted by Crippen LogP contribution is -2.64. The summed E-state index contributed by atoms with van der Waals surface area (Å²) in [5, 5.41) is 24.1. The number of hydrogen-bond donors (Lipinski definition) is 7. The number of amides is 3.